The number of fused-ring (bicyclic) bond motifs is 1. The maximum absolute atomic E-state index is 13.1. The zero-order chi connectivity index (χ0) is 23.5. The molecule has 0 bridgehead atoms. The zero-order valence-electron chi connectivity index (χ0n) is 19.4. The van der Waals surface area contributed by atoms with E-state index in [2.05, 4.69) is 28.4 Å². The molecule has 1 amide bonds. The summed E-state index contributed by atoms with van der Waals surface area (Å²) >= 11 is 6.42. The quantitative estimate of drug-likeness (QED) is 0.518. The van der Waals surface area contributed by atoms with Crippen LogP contribution in [-0.2, 0) is 11.2 Å². The minimum Gasteiger partial charge on any atom is -0.493 e. The number of halogens is 1. The summed E-state index contributed by atoms with van der Waals surface area (Å²) < 4.78 is 11.1. The Balaban J connectivity index is 1.66. The van der Waals surface area contributed by atoms with Gasteiger partial charge in [0.2, 0.25) is 5.91 Å². The van der Waals surface area contributed by atoms with Gasteiger partial charge in [0, 0.05) is 6.54 Å². The highest BCUT2D eigenvalue weighted by Gasteiger charge is 2.31. The smallest absolute Gasteiger partial charge is 0.238 e. The van der Waals surface area contributed by atoms with Crippen molar-refractivity contribution >= 4 is 23.2 Å². The number of benzene rings is 3. The van der Waals surface area contributed by atoms with Crippen molar-refractivity contribution in [2.24, 2.45) is 0 Å². The van der Waals surface area contributed by atoms with Crippen LogP contribution in [0.1, 0.15) is 33.9 Å². The fraction of sp³-hybridized carbons (Fsp3) is 0.296. The summed E-state index contributed by atoms with van der Waals surface area (Å²) in [5.41, 5.74) is 6.15. The molecule has 4 rings (SSSR count). The van der Waals surface area contributed by atoms with Crippen LogP contribution in [0.15, 0.2) is 54.6 Å². The van der Waals surface area contributed by atoms with E-state index < -0.39 is 0 Å². The number of nitrogens with one attached hydrogen (secondary N) is 1. The van der Waals surface area contributed by atoms with Crippen LogP contribution < -0.4 is 14.8 Å². The number of anilines is 1. The summed E-state index contributed by atoms with van der Waals surface area (Å²) in [6.45, 7) is 4.94. The van der Waals surface area contributed by atoms with Gasteiger partial charge < -0.3 is 14.8 Å². The number of hydrogen-bond acceptors (Lipinski definition) is 4. The van der Waals surface area contributed by atoms with E-state index in [-0.39, 0.29) is 18.5 Å². The summed E-state index contributed by atoms with van der Waals surface area (Å²) in [6.07, 6.45) is 0.816. The molecule has 3 aromatic rings. The minimum atomic E-state index is -0.0892. The van der Waals surface area contributed by atoms with Gasteiger partial charge in [-0.1, -0.05) is 48.0 Å². The van der Waals surface area contributed by atoms with Crippen LogP contribution in [0.5, 0.6) is 11.5 Å². The Morgan fingerprint density at radius 2 is 1.76 bits per heavy atom. The fourth-order valence-electron chi connectivity index (χ4n) is 4.63. The third-order valence-corrected chi connectivity index (χ3v) is 6.43. The summed E-state index contributed by atoms with van der Waals surface area (Å²) in [4.78, 5) is 15.3. The summed E-state index contributed by atoms with van der Waals surface area (Å²) in [5, 5.41) is 3.59. The van der Waals surface area contributed by atoms with Crippen molar-refractivity contribution in [1.82, 2.24) is 4.90 Å². The van der Waals surface area contributed by atoms with Gasteiger partial charge in [-0.15, -0.1) is 0 Å². The van der Waals surface area contributed by atoms with Gasteiger partial charge in [-0.25, -0.2) is 0 Å². The molecule has 33 heavy (non-hydrogen) atoms. The van der Waals surface area contributed by atoms with Gasteiger partial charge in [0.1, 0.15) is 0 Å². The third-order valence-electron chi connectivity index (χ3n) is 6.13. The Bertz CT molecular complexity index is 1140. The fourth-order valence-corrected chi connectivity index (χ4v) is 5.00. The van der Waals surface area contributed by atoms with Crippen molar-refractivity contribution < 1.29 is 14.3 Å². The van der Waals surface area contributed by atoms with Gasteiger partial charge in [0.05, 0.1) is 37.5 Å². The molecule has 6 heteroatoms. The lowest BCUT2D eigenvalue weighted by Gasteiger charge is -2.37. The Kier molecular flexibility index (Phi) is 6.91. The van der Waals surface area contributed by atoms with Crippen LogP contribution in [-0.4, -0.2) is 38.1 Å². The van der Waals surface area contributed by atoms with E-state index in [0.29, 0.717) is 16.5 Å². The molecule has 1 aliphatic heterocycles. The Morgan fingerprint density at radius 3 is 2.42 bits per heavy atom. The summed E-state index contributed by atoms with van der Waals surface area (Å²) in [6, 6.07) is 18.2. The lowest BCUT2D eigenvalue weighted by atomic mass is 9.87. The molecule has 1 heterocycles. The predicted octanol–water partition coefficient (Wildman–Crippen LogP) is 5.56. The predicted molar refractivity (Wildman–Crippen MR) is 133 cm³/mol. The van der Waals surface area contributed by atoms with Crippen LogP contribution in [0.25, 0.3) is 0 Å². The molecule has 0 fully saturated rings. The second-order valence-electron chi connectivity index (χ2n) is 8.43. The number of ether oxygens (including phenoxy) is 2. The van der Waals surface area contributed by atoms with Crippen LogP contribution >= 0.6 is 11.6 Å². The Hall–Kier alpha value is -3.02. The first-order chi connectivity index (χ1) is 15.9. The van der Waals surface area contributed by atoms with Crippen LogP contribution in [0, 0.1) is 13.8 Å². The monoisotopic (exact) mass is 464 g/mol. The van der Waals surface area contributed by atoms with E-state index in [9.17, 15) is 4.79 Å². The van der Waals surface area contributed by atoms with Crippen molar-refractivity contribution in [3.63, 3.8) is 0 Å². The molecule has 172 valence electrons. The van der Waals surface area contributed by atoms with E-state index >= 15 is 0 Å². The molecule has 0 unspecified atom stereocenters. The number of carbonyl (C=O) groups excluding carboxylic acids is 1. The molecule has 0 spiro atoms. The summed E-state index contributed by atoms with van der Waals surface area (Å²) in [7, 11) is 3.29. The van der Waals surface area contributed by atoms with Crippen molar-refractivity contribution in [2.45, 2.75) is 26.3 Å². The lowest BCUT2D eigenvalue weighted by Crippen LogP contribution is -2.41. The molecule has 5 nitrogen and oxygen atoms in total. The maximum Gasteiger partial charge on any atom is 0.238 e. The normalized spacial score (nSPS) is 15.6. The molecule has 0 saturated carbocycles. The first kappa shape index (κ1) is 23.1. The molecule has 1 atom stereocenters. The van der Waals surface area contributed by atoms with E-state index in [1.54, 1.807) is 14.2 Å². The van der Waals surface area contributed by atoms with E-state index in [1.165, 1.54) is 5.56 Å². The average Bonchev–Trinajstić information content (AvgIpc) is 2.80. The second-order valence-corrected chi connectivity index (χ2v) is 8.83. The zero-order valence-corrected chi connectivity index (χ0v) is 20.2. The number of nitrogens with zero attached hydrogens (tertiary/aromatic N) is 1. The van der Waals surface area contributed by atoms with Gasteiger partial charge in [-0.3, -0.25) is 9.69 Å². The largest absolute Gasteiger partial charge is 0.493 e. The Labute approximate surface area is 200 Å². The van der Waals surface area contributed by atoms with Gasteiger partial charge in [0.25, 0.3) is 0 Å². The highest BCUT2D eigenvalue weighted by atomic mass is 35.5. The molecule has 0 aromatic heterocycles. The topological polar surface area (TPSA) is 50.8 Å². The standard InChI is InChI=1S/C27H29ClN2O3/c1-17-12-18(2)26(22(28)13-17)29-25(31)16-30-11-10-20-14-23(32-3)24(33-4)15-21(20)27(30)19-8-6-5-7-9-19/h5-9,12-15,27H,10-11,16H2,1-4H3,(H,29,31)/t27-/m1/s1. The highest BCUT2D eigenvalue weighted by molar-refractivity contribution is 6.34. The molecule has 0 saturated heterocycles. The van der Waals surface area contributed by atoms with Crippen LogP contribution in [0.3, 0.4) is 0 Å². The molecular formula is C27H29ClN2O3. The number of carbonyl (C=O) groups is 1. The van der Waals surface area contributed by atoms with Gasteiger partial charge in [-0.05, 0) is 66.3 Å². The molecule has 3 aromatic carbocycles. The maximum atomic E-state index is 13.1. The van der Waals surface area contributed by atoms with E-state index in [1.807, 2.05) is 50.2 Å². The summed E-state index contributed by atoms with van der Waals surface area (Å²) in [5.74, 6) is 1.32. The first-order valence-corrected chi connectivity index (χ1v) is 11.4. The van der Waals surface area contributed by atoms with Crippen LogP contribution in [0.2, 0.25) is 5.02 Å². The molecule has 1 N–H and O–H groups in total. The third kappa shape index (κ3) is 4.85. The number of rotatable bonds is 6. The lowest BCUT2D eigenvalue weighted by molar-refractivity contribution is -0.117. The minimum absolute atomic E-state index is 0.0740. The Morgan fingerprint density at radius 1 is 1.06 bits per heavy atom. The highest BCUT2D eigenvalue weighted by Crippen LogP contribution is 2.41. The molecular weight excluding hydrogens is 436 g/mol. The number of aryl methyl sites for hydroxylation is 2. The van der Waals surface area contributed by atoms with Crippen molar-refractivity contribution in [1.29, 1.82) is 0 Å². The second kappa shape index (κ2) is 9.86. The van der Waals surface area contributed by atoms with Gasteiger partial charge >= 0.3 is 0 Å². The molecule has 0 radical (unpaired) electrons. The van der Waals surface area contributed by atoms with Crippen molar-refractivity contribution in [2.75, 3.05) is 32.6 Å². The van der Waals surface area contributed by atoms with Gasteiger partial charge in [-0.2, -0.15) is 0 Å². The number of amides is 1. The van der Waals surface area contributed by atoms with Crippen LogP contribution in [0.4, 0.5) is 5.69 Å². The van der Waals surface area contributed by atoms with E-state index in [0.717, 1.165) is 41.0 Å². The average molecular weight is 465 g/mol. The van der Waals surface area contributed by atoms with Crippen molar-refractivity contribution in [3.05, 3.63) is 87.4 Å². The van der Waals surface area contributed by atoms with E-state index in [4.69, 9.17) is 21.1 Å². The number of methoxy groups -OCH3 is 2. The van der Waals surface area contributed by atoms with Crippen molar-refractivity contribution in [3.8, 4) is 11.5 Å². The molecule has 1 aliphatic rings. The van der Waals surface area contributed by atoms with Gasteiger partial charge in [0.15, 0.2) is 11.5 Å². The number of hydrogen-bond donors (Lipinski definition) is 1. The SMILES string of the molecule is COc1cc2c(cc1OC)[C@@H](c1ccccc1)N(CC(=O)Nc1c(C)cc(C)cc1Cl)CC2. The molecule has 0 aliphatic carbocycles. The first-order valence-electron chi connectivity index (χ1n) is 11.0.